The molecule has 0 saturated carbocycles. The molecule has 0 aliphatic carbocycles. The Hall–Kier alpha value is -4.36. The van der Waals surface area contributed by atoms with Crippen LogP contribution in [-0.4, -0.2) is 70.4 Å². The number of nitrogens with one attached hydrogen (secondary N) is 3. The lowest BCUT2D eigenvalue weighted by Gasteiger charge is -2.28. The smallest absolute Gasteiger partial charge is 0.262 e. The summed E-state index contributed by atoms with van der Waals surface area (Å²) in [6.45, 7) is 4.17. The zero-order valence-electron chi connectivity index (χ0n) is 28.9. The second-order valence-corrected chi connectivity index (χ2v) is 13.9. The number of fused-ring (bicyclic) bond motifs is 1. The molecule has 5 aromatic rings. The van der Waals surface area contributed by atoms with Gasteiger partial charge in [-0.05, 0) is 43.5 Å². The average Bonchev–Trinajstić information content (AvgIpc) is 3.57. The number of aromatic nitrogens is 3. The van der Waals surface area contributed by atoms with Crippen molar-refractivity contribution in [3.05, 3.63) is 104 Å². The largest absolute Gasteiger partial charge is 0.481 e. The predicted octanol–water partition coefficient (Wildman–Crippen LogP) is 5.32. The molecule has 13 heteroatoms. The van der Waals surface area contributed by atoms with Crippen molar-refractivity contribution in [2.45, 2.75) is 57.5 Å². The first kappa shape index (κ1) is 36.0. The van der Waals surface area contributed by atoms with Crippen molar-refractivity contribution in [3.63, 3.8) is 0 Å². The number of carbonyl (C=O) groups is 1. The van der Waals surface area contributed by atoms with E-state index in [-0.39, 0.29) is 30.2 Å². The number of aryl methyl sites for hydroxylation is 1. The third-order valence-corrected chi connectivity index (χ3v) is 10.6. The van der Waals surface area contributed by atoms with Crippen molar-refractivity contribution >= 4 is 34.8 Å². The number of rotatable bonds is 11. The van der Waals surface area contributed by atoms with Crippen molar-refractivity contribution in [2.24, 2.45) is 0 Å². The summed E-state index contributed by atoms with van der Waals surface area (Å²) in [5.41, 5.74) is 6.83. The van der Waals surface area contributed by atoms with Crippen LogP contribution in [0.2, 0.25) is 10.0 Å². The Balaban J connectivity index is 1.13. The van der Waals surface area contributed by atoms with Gasteiger partial charge in [0.1, 0.15) is 5.65 Å². The zero-order chi connectivity index (χ0) is 36.4. The lowest BCUT2D eigenvalue weighted by molar-refractivity contribution is -0.119. The van der Waals surface area contributed by atoms with Gasteiger partial charge in [-0.1, -0.05) is 65.7 Å². The van der Waals surface area contributed by atoms with Crippen LogP contribution in [-0.2, 0) is 22.6 Å². The van der Waals surface area contributed by atoms with Crippen molar-refractivity contribution < 1.29 is 19.4 Å². The number of methoxy groups -OCH3 is 1. The summed E-state index contributed by atoms with van der Waals surface area (Å²) < 4.78 is 12.5. The third-order valence-electron chi connectivity index (χ3n) is 9.80. The maximum absolute atomic E-state index is 13.5. The van der Waals surface area contributed by atoms with Gasteiger partial charge in [0.15, 0.2) is 0 Å². The average molecular weight is 744 g/mol. The molecule has 7 rings (SSSR count). The van der Waals surface area contributed by atoms with E-state index < -0.39 is 6.10 Å². The second-order valence-electron chi connectivity index (χ2n) is 13.2. The Bertz CT molecular complexity index is 2190. The summed E-state index contributed by atoms with van der Waals surface area (Å²) >= 11 is 14.2. The molecule has 2 aliphatic rings. The lowest BCUT2D eigenvalue weighted by atomic mass is 9.97. The Kier molecular flexibility index (Phi) is 10.9. The van der Waals surface area contributed by atoms with Gasteiger partial charge in [-0.2, -0.15) is 0 Å². The standard InChI is InChI=1S/C39H40Cl2N6O5/c1-22-30(20-43-32-14-16-52-21-33(32)48)39(50)47-15-13-23(17-34(47)44-22)26-5-3-6-27(36(26)40)28-7-4-8-29(37(28)41)31-11-9-24(38(46-31)51-2)18-42-19-25-10-12-35(49)45-25/h3-9,11,13,15,17,25,32-33,42-43,48H,10,12,14,16,18-21H2,1-2H3,(H,45,49)/t25-,32-,33+/m0/s1. The van der Waals surface area contributed by atoms with Crippen LogP contribution in [0.5, 0.6) is 5.88 Å². The number of ether oxygens (including phenoxy) is 2. The molecular weight excluding hydrogens is 703 g/mol. The highest BCUT2D eigenvalue weighted by molar-refractivity contribution is 6.39. The summed E-state index contributed by atoms with van der Waals surface area (Å²) in [6, 6.07) is 19.1. The minimum Gasteiger partial charge on any atom is -0.481 e. The molecule has 0 spiro atoms. The maximum atomic E-state index is 13.5. The number of nitrogens with zero attached hydrogens (tertiary/aromatic N) is 3. The van der Waals surface area contributed by atoms with Gasteiger partial charge in [0.2, 0.25) is 11.8 Å². The normalized spacial score (nSPS) is 18.9. The molecular formula is C39H40Cl2N6O5. The van der Waals surface area contributed by atoms with Gasteiger partial charge in [0, 0.05) is 84.5 Å². The van der Waals surface area contributed by atoms with E-state index >= 15 is 0 Å². The van der Waals surface area contributed by atoms with E-state index in [0.717, 1.165) is 39.8 Å². The van der Waals surface area contributed by atoms with E-state index in [1.54, 1.807) is 13.3 Å². The number of pyridine rings is 2. The number of aliphatic hydroxyl groups is 1. The van der Waals surface area contributed by atoms with Crippen LogP contribution in [0.25, 0.3) is 39.2 Å². The summed E-state index contributed by atoms with van der Waals surface area (Å²) in [7, 11) is 1.59. The van der Waals surface area contributed by atoms with Gasteiger partial charge < -0.3 is 30.5 Å². The predicted molar refractivity (Wildman–Crippen MR) is 202 cm³/mol. The van der Waals surface area contributed by atoms with Crippen LogP contribution in [0, 0.1) is 6.92 Å². The topological polar surface area (TPSA) is 139 Å². The maximum Gasteiger partial charge on any atom is 0.262 e. The minimum atomic E-state index is -0.620. The molecule has 5 heterocycles. The van der Waals surface area contributed by atoms with Crippen LogP contribution in [0.4, 0.5) is 0 Å². The first-order valence-corrected chi connectivity index (χ1v) is 18.1. The van der Waals surface area contributed by atoms with Gasteiger partial charge in [-0.15, -0.1) is 0 Å². The van der Waals surface area contributed by atoms with Gasteiger partial charge in [0.25, 0.3) is 5.56 Å². The van der Waals surface area contributed by atoms with E-state index in [0.29, 0.717) is 77.6 Å². The Morgan fingerprint density at radius 2 is 1.73 bits per heavy atom. The molecule has 52 heavy (non-hydrogen) atoms. The Morgan fingerprint density at radius 3 is 2.46 bits per heavy atom. The molecule has 3 aromatic heterocycles. The third kappa shape index (κ3) is 7.43. The zero-order valence-corrected chi connectivity index (χ0v) is 30.4. The van der Waals surface area contributed by atoms with Crippen LogP contribution < -0.4 is 26.2 Å². The van der Waals surface area contributed by atoms with E-state index in [1.165, 1.54) is 4.40 Å². The van der Waals surface area contributed by atoms with Crippen LogP contribution in [0.1, 0.15) is 36.1 Å². The fraction of sp³-hybridized carbons (Fsp3) is 0.333. The van der Waals surface area contributed by atoms with E-state index in [9.17, 15) is 14.7 Å². The molecule has 2 aromatic carbocycles. The summed E-state index contributed by atoms with van der Waals surface area (Å²) in [4.78, 5) is 34.6. The molecule has 2 fully saturated rings. The summed E-state index contributed by atoms with van der Waals surface area (Å²) in [6.07, 6.45) is 3.16. The number of carbonyl (C=O) groups excluding carboxylic acids is 1. The lowest BCUT2D eigenvalue weighted by Crippen LogP contribution is -2.46. The molecule has 0 bridgehead atoms. The molecule has 0 unspecified atom stereocenters. The highest BCUT2D eigenvalue weighted by Gasteiger charge is 2.24. The molecule has 2 saturated heterocycles. The Morgan fingerprint density at radius 1 is 0.981 bits per heavy atom. The van der Waals surface area contributed by atoms with Crippen molar-refractivity contribution in [1.82, 2.24) is 30.3 Å². The number of hydrogen-bond donors (Lipinski definition) is 4. The molecule has 1 amide bonds. The van der Waals surface area contributed by atoms with Gasteiger partial charge in [-0.3, -0.25) is 14.0 Å². The van der Waals surface area contributed by atoms with Crippen LogP contribution >= 0.6 is 23.2 Å². The Labute approximate surface area is 311 Å². The fourth-order valence-corrected chi connectivity index (χ4v) is 7.55. The van der Waals surface area contributed by atoms with Crippen molar-refractivity contribution in [2.75, 3.05) is 26.9 Å². The van der Waals surface area contributed by atoms with Crippen LogP contribution in [0.3, 0.4) is 0 Å². The van der Waals surface area contributed by atoms with Gasteiger partial charge >= 0.3 is 0 Å². The highest BCUT2D eigenvalue weighted by atomic mass is 35.5. The first-order chi connectivity index (χ1) is 25.2. The van der Waals surface area contributed by atoms with Crippen molar-refractivity contribution in [1.29, 1.82) is 0 Å². The molecule has 2 aliphatic heterocycles. The quantitative estimate of drug-likeness (QED) is 0.142. The van der Waals surface area contributed by atoms with E-state index in [2.05, 4.69) is 16.0 Å². The number of hydrogen-bond acceptors (Lipinski definition) is 9. The monoisotopic (exact) mass is 742 g/mol. The van der Waals surface area contributed by atoms with E-state index in [4.69, 9.17) is 42.6 Å². The first-order valence-electron chi connectivity index (χ1n) is 17.3. The van der Waals surface area contributed by atoms with Gasteiger partial charge in [0.05, 0.1) is 41.1 Å². The summed E-state index contributed by atoms with van der Waals surface area (Å²) in [5.74, 6) is 0.580. The van der Waals surface area contributed by atoms with Crippen molar-refractivity contribution in [3.8, 4) is 39.4 Å². The van der Waals surface area contributed by atoms with Crippen LogP contribution in [0.15, 0.2) is 71.7 Å². The molecule has 4 N–H and O–H groups in total. The molecule has 11 nitrogen and oxygen atoms in total. The number of amides is 1. The number of benzene rings is 2. The minimum absolute atomic E-state index is 0.0917. The SMILES string of the molecule is COc1nc(-c2cccc(-c3cccc(-c4ccn5c(=O)c(CN[C@H]6CCOC[C@H]6O)c(C)nc5c4)c3Cl)c2Cl)ccc1CNC[C@@H]1CCC(=O)N1. The molecule has 270 valence electrons. The number of halogens is 2. The molecule has 0 radical (unpaired) electrons. The molecule has 3 atom stereocenters. The highest BCUT2D eigenvalue weighted by Crippen LogP contribution is 2.42. The second kappa shape index (κ2) is 15.7. The fourth-order valence-electron chi connectivity index (χ4n) is 6.89. The van der Waals surface area contributed by atoms with E-state index in [1.807, 2.05) is 67.6 Å². The number of aliphatic hydroxyl groups excluding tert-OH is 1. The summed E-state index contributed by atoms with van der Waals surface area (Å²) in [5, 5.41) is 20.9. The van der Waals surface area contributed by atoms with Gasteiger partial charge in [-0.25, -0.2) is 9.97 Å².